The Balaban J connectivity index is 2.24. The highest BCUT2D eigenvalue weighted by Crippen LogP contribution is 2.35. The average Bonchev–Trinajstić information content (AvgIpc) is 2.98. The molecule has 6 heteroatoms. The summed E-state index contributed by atoms with van der Waals surface area (Å²) in [5.74, 6) is 0.758. The molecule has 0 fully saturated rings. The fourth-order valence-corrected chi connectivity index (χ4v) is 2.83. The second-order valence-corrected chi connectivity index (χ2v) is 5.72. The van der Waals surface area contributed by atoms with E-state index in [-0.39, 0.29) is 6.54 Å². The van der Waals surface area contributed by atoms with Crippen LogP contribution in [0.4, 0.5) is 0 Å². The molecular weight excluding hydrogens is 324 g/mol. The Morgan fingerprint density at radius 2 is 2.08 bits per heavy atom. The molecule has 0 N–H and O–H groups in total. The summed E-state index contributed by atoms with van der Waals surface area (Å²) < 4.78 is 7.05. The fourth-order valence-electron chi connectivity index (χ4n) is 2.66. The summed E-state index contributed by atoms with van der Waals surface area (Å²) >= 11 is 6.02. The number of halogens is 1. The van der Waals surface area contributed by atoms with Crippen LogP contribution in [0.15, 0.2) is 42.7 Å². The van der Waals surface area contributed by atoms with Crippen LogP contribution in [0.3, 0.4) is 0 Å². The first-order valence-corrected chi connectivity index (χ1v) is 7.71. The zero-order chi connectivity index (χ0) is 17.1. The summed E-state index contributed by atoms with van der Waals surface area (Å²) in [5.41, 5.74) is 4.63. The smallest absolute Gasteiger partial charge is 0.129 e. The van der Waals surface area contributed by atoms with E-state index in [1.807, 2.05) is 31.2 Å². The Morgan fingerprint density at radius 1 is 1.25 bits per heavy atom. The van der Waals surface area contributed by atoms with E-state index < -0.39 is 0 Å². The fraction of sp³-hybridized carbons (Fsp3) is 0.167. The number of benzene rings is 1. The van der Waals surface area contributed by atoms with Gasteiger partial charge in [0.25, 0.3) is 0 Å². The first-order valence-electron chi connectivity index (χ1n) is 7.33. The van der Waals surface area contributed by atoms with Gasteiger partial charge in [0.1, 0.15) is 17.4 Å². The van der Waals surface area contributed by atoms with Crippen molar-refractivity contribution in [3.8, 4) is 34.2 Å². The van der Waals surface area contributed by atoms with Crippen molar-refractivity contribution in [2.45, 2.75) is 13.5 Å². The molecule has 2 aromatic heterocycles. The number of aryl methyl sites for hydroxylation is 1. The van der Waals surface area contributed by atoms with Crippen molar-refractivity contribution >= 4 is 11.6 Å². The third kappa shape index (κ3) is 3.10. The Kier molecular flexibility index (Phi) is 4.50. The van der Waals surface area contributed by atoms with Gasteiger partial charge >= 0.3 is 0 Å². The van der Waals surface area contributed by atoms with Crippen LogP contribution >= 0.6 is 11.6 Å². The van der Waals surface area contributed by atoms with Gasteiger partial charge in [0.15, 0.2) is 0 Å². The van der Waals surface area contributed by atoms with E-state index in [0.29, 0.717) is 5.15 Å². The van der Waals surface area contributed by atoms with E-state index in [2.05, 4.69) is 16.2 Å². The largest absolute Gasteiger partial charge is 0.497 e. The van der Waals surface area contributed by atoms with Gasteiger partial charge in [-0.3, -0.25) is 4.68 Å². The molecule has 3 rings (SSSR count). The number of nitriles is 1. The molecule has 0 spiro atoms. The minimum absolute atomic E-state index is 0.157. The minimum Gasteiger partial charge on any atom is -0.497 e. The molecule has 0 unspecified atom stereocenters. The van der Waals surface area contributed by atoms with Gasteiger partial charge in [0, 0.05) is 17.3 Å². The van der Waals surface area contributed by atoms with Gasteiger partial charge in [-0.1, -0.05) is 11.6 Å². The van der Waals surface area contributed by atoms with Crippen LogP contribution in [0.25, 0.3) is 22.4 Å². The minimum atomic E-state index is 0.157. The molecule has 5 nitrogen and oxygen atoms in total. The molecule has 1 aromatic carbocycles. The first kappa shape index (κ1) is 16.0. The van der Waals surface area contributed by atoms with E-state index in [0.717, 1.165) is 33.7 Å². The predicted molar refractivity (Wildman–Crippen MR) is 92.8 cm³/mol. The van der Waals surface area contributed by atoms with Crippen molar-refractivity contribution in [1.82, 2.24) is 14.8 Å². The number of aromatic nitrogens is 3. The number of rotatable bonds is 4. The Labute approximate surface area is 145 Å². The second kappa shape index (κ2) is 6.73. The summed E-state index contributed by atoms with van der Waals surface area (Å²) in [6, 6.07) is 11.7. The first-order chi connectivity index (χ1) is 11.6. The van der Waals surface area contributed by atoms with Gasteiger partial charge in [-0.25, -0.2) is 4.98 Å². The van der Waals surface area contributed by atoms with E-state index in [1.54, 1.807) is 30.3 Å². The third-order valence-corrected chi connectivity index (χ3v) is 3.86. The topological polar surface area (TPSA) is 63.7 Å². The quantitative estimate of drug-likeness (QED) is 0.672. The number of methoxy groups -OCH3 is 1. The lowest BCUT2D eigenvalue weighted by atomic mass is 10.0. The molecule has 0 saturated heterocycles. The van der Waals surface area contributed by atoms with Gasteiger partial charge in [-0.05, 0) is 48.4 Å². The van der Waals surface area contributed by atoms with E-state index >= 15 is 0 Å². The molecule has 3 aromatic rings. The van der Waals surface area contributed by atoms with Gasteiger partial charge in [0.2, 0.25) is 0 Å². The van der Waals surface area contributed by atoms with Crippen molar-refractivity contribution < 1.29 is 4.74 Å². The van der Waals surface area contributed by atoms with Crippen LogP contribution in [0.5, 0.6) is 5.75 Å². The lowest BCUT2D eigenvalue weighted by Gasteiger charge is -2.11. The van der Waals surface area contributed by atoms with Gasteiger partial charge in [-0.2, -0.15) is 10.4 Å². The summed E-state index contributed by atoms with van der Waals surface area (Å²) in [6.45, 7) is 2.16. The third-order valence-electron chi connectivity index (χ3n) is 3.66. The van der Waals surface area contributed by atoms with E-state index in [9.17, 15) is 0 Å². The molecule has 0 atom stereocenters. The molecular formula is C18H15ClN4O. The number of ether oxygens (including phenoxy) is 1. The number of pyridine rings is 1. The van der Waals surface area contributed by atoms with Crippen LogP contribution in [0.2, 0.25) is 5.15 Å². The Bertz CT molecular complexity index is 927. The summed E-state index contributed by atoms with van der Waals surface area (Å²) in [7, 11) is 1.63. The molecule has 2 heterocycles. The average molecular weight is 339 g/mol. The number of nitrogens with zero attached hydrogens (tertiary/aromatic N) is 4. The molecule has 0 amide bonds. The monoisotopic (exact) mass is 338 g/mol. The predicted octanol–water partition coefficient (Wildman–Crippen LogP) is 4.11. The molecule has 0 aliphatic rings. The van der Waals surface area contributed by atoms with Crippen LogP contribution in [0, 0.1) is 18.3 Å². The molecule has 0 radical (unpaired) electrons. The van der Waals surface area contributed by atoms with Crippen LogP contribution < -0.4 is 4.74 Å². The highest BCUT2D eigenvalue weighted by Gasteiger charge is 2.16. The Morgan fingerprint density at radius 3 is 2.79 bits per heavy atom. The number of hydrogen-bond donors (Lipinski definition) is 0. The second-order valence-electron chi connectivity index (χ2n) is 5.33. The SMILES string of the molecule is COc1cc(C)cc(-c2c(-c3ccnc(Cl)c3)cnn2CC#N)c1. The number of hydrogen-bond acceptors (Lipinski definition) is 4. The van der Waals surface area contributed by atoms with E-state index in [4.69, 9.17) is 21.6 Å². The van der Waals surface area contributed by atoms with Crippen molar-refractivity contribution in [2.75, 3.05) is 7.11 Å². The molecule has 0 aliphatic heterocycles. The lowest BCUT2D eigenvalue weighted by Crippen LogP contribution is -2.01. The highest BCUT2D eigenvalue weighted by atomic mass is 35.5. The molecule has 24 heavy (non-hydrogen) atoms. The molecule has 0 bridgehead atoms. The van der Waals surface area contributed by atoms with Crippen LogP contribution in [-0.2, 0) is 6.54 Å². The maximum atomic E-state index is 9.10. The van der Waals surface area contributed by atoms with Crippen LogP contribution in [0.1, 0.15) is 5.56 Å². The Hall–Kier alpha value is -2.84. The normalized spacial score (nSPS) is 10.4. The van der Waals surface area contributed by atoms with Crippen LogP contribution in [-0.4, -0.2) is 21.9 Å². The van der Waals surface area contributed by atoms with Gasteiger partial charge < -0.3 is 4.74 Å². The van der Waals surface area contributed by atoms with Crippen molar-refractivity contribution in [3.63, 3.8) is 0 Å². The zero-order valence-corrected chi connectivity index (χ0v) is 14.1. The van der Waals surface area contributed by atoms with Crippen molar-refractivity contribution in [1.29, 1.82) is 5.26 Å². The maximum absolute atomic E-state index is 9.10. The zero-order valence-electron chi connectivity index (χ0n) is 13.3. The maximum Gasteiger partial charge on any atom is 0.129 e. The molecule has 0 saturated carbocycles. The highest BCUT2D eigenvalue weighted by molar-refractivity contribution is 6.29. The summed E-state index contributed by atoms with van der Waals surface area (Å²) in [4.78, 5) is 4.02. The van der Waals surface area contributed by atoms with Gasteiger partial charge in [-0.15, -0.1) is 0 Å². The van der Waals surface area contributed by atoms with E-state index in [1.165, 1.54) is 0 Å². The van der Waals surface area contributed by atoms with Crippen molar-refractivity contribution in [3.05, 3.63) is 53.4 Å². The lowest BCUT2D eigenvalue weighted by molar-refractivity contribution is 0.414. The van der Waals surface area contributed by atoms with Crippen molar-refractivity contribution in [2.24, 2.45) is 0 Å². The van der Waals surface area contributed by atoms with Gasteiger partial charge in [0.05, 0.1) is 25.1 Å². The summed E-state index contributed by atoms with van der Waals surface area (Å²) in [6.07, 6.45) is 3.40. The standard InChI is InChI=1S/C18H15ClN4O/c1-12-7-14(9-15(8-12)24-2)18-16(11-22-23(18)6-4-20)13-3-5-21-17(19)10-13/h3,5,7-11H,6H2,1-2H3. The molecule has 0 aliphatic carbocycles. The molecule has 120 valence electrons. The summed E-state index contributed by atoms with van der Waals surface area (Å²) in [5, 5.41) is 13.9.